The number of anilines is 2. The average molecular weight is 506 g/mol. The number of hydrogen-bond donors (Lipinski definition) is 6. The second-order valence-electron chi connectivity index (χ2n) is 6.71. The molecule has 34 heavy (non-hydrogen) atoms. The van der Waals surface area contributed by atoms with Crippen molar-refractivity contribution in [2.45, 2.75) is 25.4 Å². The summed E-state index contributed by atoms with van der Waals surface area (Å²) in [5.41, 5.74) is 6.47. The van der Waals surface area contributed by atoms with Gasteiger partial charge in [-0.2, -0.15) is 4.98 Å². The van der Waals surface area contributed by atoms with E-state index in [0.29, 0.717) is 11.4 Å². The second-order valence-corrected chi connectivity index (χ2v) is 6.71. The minimum atomic E-state index is -1.31. The zero-order valence-corrected chi connectivity index (χ0v) is 23.7. The number of amides is 1. The Bertz CT molecular complexity index is 1250. The van der Waals surface area contributed by atoms with Crippen LogP contribution >= 0.6 is 0 Å². The van der Waals surface area contributed by atoms with Gasteiger partial charge in [-0.25, -0.2) is 14.8 Å². The first kappa shape index (κ1) is 30.1. The van der Waals surface area contributed by atoms with Gasteiger partial charge < -0.3 is 29.4 Å². The summed E-state index contributed by atoms with van der Waals surface area (Å²) in [6, 6.07) is 4.86. The Morgan fingerprint density at radius 3 is 2.44 bits per heavy atom. The quantitative estimate of drug-likeness (QED) is 0.151. The third kappa shape index (κ3) is 8.39. The van der Waals surface area contributed by atoms with Crippen molar-refractivity contribution in [1.82, 2.24) is 25.3 Å². The van der Waals surface area contributed by atoms with E-state index in [1.165, 1.54) is 18.3 Å². The van der Waals surface area contributed by atoms with Crippen molar-refractivity contribution in [1.29, 1.82) is 0 Å². The number of nitrogens with two attached hydrogens (primary N) is 1. The molecule has 170 valence electrons. The van der Waals surface area contributed by atoms with Gasteiger partial charge in [-0.05, 0) is 30.7 Å². The van der Waals surface area contributed by atoms with E-state index in [4.69, 9.17) is 15.9 Å². The summed E-state index contributed by atoms with van der Waals surface area (Å²) >= 11 is 0. The van der Waals surface area contributed by atoms with Crippen molar-refractivity contribution in [2.24, 2.45) is 0 Å². The van der Waals surface area contributed by atoms with E-state index in [1.807, 2.05) is 0 Å². The van der Waals surface area contributed by atoms with E-state index in [1.54, 1.807) is 12.1 Å². The Labute approximate surface area is 260 Å². The maximum atomic E-state index is 12.3. The normalized spacial score (nSPS) is 10.9. The van der Waals surface area contributed by atoms with Crippen LogP contribution in [0.1, 0.15) is 31.7 Å². The number of benzene rings is 1. The van der Waals surface area contributed by atoms with Crippen LogP contribution in [0.5, 0.6) is 0 Å². The van der Waals surface area contributed by atoms with Gasteiger partial charge in [0.05, 0.1) is 18.4 Å². The summed E-state index contributed by atoms with van der Waals surface area (Å²) in [6.07, 6.45) is 0.840. The van der Waals surface area contributed by atoms with Crippen LogP contribution < -0.4 is 103 Å². The van der Waals surface area contributed by atoms with Crippen LogP contribution in [0.25, 0.3) is 11.2 Å². The van der Waals surface area contributed by atoms with Gasteiger partial charge in [-0.1, -0.05) is 0 Å². The fourth-order valence-corrected chi connectivity index (χ4v) is 2.75. The number of nitrogens with one attached hydrogen (secondary N) is 3. The van der Waals surface area contributed by atoms with Gasteiger partial charge in [0.2, 0.25) is 5.95 Å². The summed E-state index contributed by atoms with van der Waals surface area (Å²) in [4.78, 5) is 60.6. The zero-order chi connectivity index (χ0) is 23.3. The van der Waals surface area contributed by atoms with Crippen molar-refractivity contribution in [3.8, 4) is 0 Å². The molecule has 0 saturated carbocycles. The van der Waals surface area contributed by atoms with Crippen molar-refractivity contribution in [2.75, 3.05) is 11.1 Å². The van der Waals surface area contributed by atoms with Gasteiger partial charge >= 0.3 is 92.9 Å². The van der Waals surface area contributed by atoms with Crippen molar-refractivity contribution >= 4 is 40.6 Å². The number of H-pyrrole nitrogens is 1. The maximum Gasteiger partial charge on any atom is 1.00 e. The molecule has 7 N–H and O–H groups in total. The zero-order valence-electron chi connectivity index (χ0n) is 20.5. The van der Waals surface area contributed by atoms with Gasteiger partial charge in [0.15, 0.2) is 11.2 Å². The van der Waals surface area contributed by atoms with Crippen molar-refractivity contribution < 1.29 is 108 Å². The summed E-state index contributed by atoms with van der Waals surface area (Å²) in [5, 5.41) is 23.2. The molecule has 2 aromatic heterocycles. The molecule has 0 aliphatic heterocycles. The summed E-state index contributed by atoms with van der Waals surface area (Å²) in [7, 11) is 0. The van der Waals surface area contributed by atoms with Crippen LogP contribution in [-0.2, 0) is 16.1 Å². The van der Waals surface area contributed by atoms with E-state index in [9.17, 15) is 19.2 Å². The molecule has 15 heteroatoms. The smallest absolute Gasteiger partial charge is 1.00 e. The first-order valence-corrected chi connectivity index (χ1v) is 9.33. The topological polar surface area (TPSA) is 213 Å². The molecular weight excluding hydrogens is 484 g/mol. The number of rotatable bonds is 9. The number of carboxylic acids is 2. The summed E-state index contributed by atoms with van der Waals surface area (Å²) in [6.45, 7) is 0.231. The van der Waals surface area contributed by atoms with E-state index >= 15 is 0 Å². The van der Waals surface area contributed by atoms with Crippen LogP contribution in [-0.4, -0.2) is 54.0 Å². The predicted molar refractivity (Wildman–Crippen MR) is 114 cm³/mol. The molecule has 3 rings (SSSR count). The van der Waals surface area contributed by atoms with Crippen LogP contribution in [0.2, 0.25) is 0 Å². The van der Waals surface area contributed by atoms with E-state index in [0.717, 1.165) is 0 Å². The number of fused-ring (bicyclic) bond motifs is 1. The first-order valence-electron chi connectivity index (χ1n) is 9.33. The average Bonchev–Trinajstić information content (AvgIpc) is 2.75. The molecule has 1 atom stereocenters. The van der Waals surface area contributed by atoms with E-state index < -0.39 is 29.4 Å². The second kappa shape index (κ2) is 13.8. The Morgan fingerprint density at radius 1 is 1.15 bits per heavy atom. The Morgan fingerprint density at radius 2 is 1.82 bits per heavy atom. The van der Waals surface area contributed by atoms with E-state index in [-0.39, 0.29) is 126 Å². The predicted octanol–water partition coefficient (Wildman–Crippen LogP) is -5.81. The van der Waals surface area contributed by atoms with Gasteiger partial charge in [-0.3, -0.25) is 19.4 Å². The van der Waals surface area contributed by atoms with E-state index in [2.05, 4.69) is 30.6 Å². The fraction of sp³-hybridized carbons (Fsp3) is 0.211. The number of nitrogens with zero attached hydrogens (tertiary/aromatic N) is 3. The van der Waals surface area contributed by atoms with Gasteiger partial charge in [-0.15, -0.1) is 0 Å². The van der Waals surface area contributed by atoms with Crippen molar-refractivity contribution in [3.63, 3.8) is 0 Å². The summed E-state index contributed by atoms with van der Waals surface area (Å²) < 4.78 is 0. The molecule has 0 aliphatic carbocycles. The first-order chi connectivity index (χ1) is 15.2. The van der Waals surface area contributed by atoms with Gasteiger partial charge in [0.1, 0.15) is 6.04 Å². The number of aliphatic carboxylic acids is 2. The molecule has 3 aromatic rings. The number of carbonyl (C=O) groups is 3. The van der Waals surface area contributed by atoms with Crippen LogP contribution in [0, 0.1) is 0 Å². The molecule has 13 nitrogen and oxygen atoms in total. The molecule has 0 fully saturated rings. The number of nitrogen functional groups attached to an aromatic ring is 1. The Balaban J connectivity index is 0. The standard InChI is InChI=1S/C19H19N7O6.K.Na.2H/c20-19-25-15-14(17(30)26-19)23-11(8-22-15)7-21-10-3-1-9(2-4-10)16(29)24-12(18(31)32)5-6-13(27)28;;;;/h1-4,8,12,21H,5-7H2,(H,24,29)(H,27,28)(H,31,32)(H3,20,22,25,26,30);;;;/q;2*+1;2*-1/t12-;;;;/m0..../s1. The minimum absolute atomic E-state index is 0. The minimum Gasteiger partial charge on any atom is -1.00 e. The molecule has 0 bridgehead atoms. The van der Waals surface area contributed by atoms with Crippen LogP contribution in [0.4, 0.5) is 11.6 Å². The number of carbonyl (C=O) groups excluding carboxylic acids is 1. The third-order valence-corrected chi connectivity index (χ3v) is 4.36. The monoisotopic (exact) mass is 505 g/mol. The van der Waals surface area contributed by atoms with Crippen LogP contribution in [0.3, 0.4) is 0 Å². The molecule has 0 unspecified atom stereocenters. The molecule has 2 heterocycles. The largest absolute Gasteiger partial charge is 1.00 e. The number of carboxylic acid groups (broad SMARTS) is 2. The van der Waals surface area contributed by atoms with Crippen LogP contribution in [0.15, 0.2) is 35.3 Å². The Hall–Kier alpha value is -1.91. The molecule has 1 aromatic carbocycles. The number of aromatic amines is 1. The molecule has 0 saturated heterocycles. The molecule has 1 amide bonds. The fourth-order valence-electron chi connectivity index (χ4n) is 2.75. The van der Waals surface area contributed by atoms with Gasteiger partial charge in [0.25, 0.3) is 11.5 Å². The maximum absolute atomic E-state index is 12.3. The SMILES string of the molecule is Nc1nc2ncc(CNc3ccc(C(=O)N[C@@H](CCC(=O)O)C(=O)O)cc3)nc2c(=O)[nH]1.[H-].[H-].[K+].[Na+]. The number of aromatic nitrogens is 4. The van der Waals surface area contributed by atoms with Crippen molar-refractivity contribution in [3.05, 3.63) is 52.1 Å². The molecule has 0 spiro atoms. The third-order valence-electron chi connectivity index (χ3n) is 4.36. The Kier molecular flexibility index (Phi) is 12.3. The summed E-state index contributed by atoms with van der Waals surface area (Å²) in [5.74, 6) is -3.16. The molecule has 0 radical (unpaired) electrons. The molecule has 0 aliphatic rings. The molecular formula is C19H21KN7NaO6. The van der Waals surface area contributed by atoms with Gasteiger partial charge in [0, 0.05) is 17.7 Å². The number of hydrogen-bond acceptors (Lipinski definition) is 9.